The first kappa shape index (κ1) is 16.3. The van der Waals surface area contributed by atoms with Crippen LogP contribution in [-0.2, 0) is 9.59 Å². The Bertz CT molecular complexity index is 414. The molecule has 1 saturated carbocycles. The van der Waals surface area contributed by atoms with Crippen LogP contribution in [0.3, 0.4) is 0 Å². The number of carbonyl (C=O) groups is 2. The molecule has 0 spiro atoms. The van der Waals surface area contributed by atoms with Gasteiger partial charge in [0.15, 0.2) is 0 Å². The number of nitrogens with zero attached hydrogens (tertiary/aromatic N) is 1. The number of nitrogens with one attached hydrogen (secondary N) is 1. The van der Waals surface area contributed by atoms with Crippen LogP contribution in [0.1, 0.15) is 66.7 Å². The molecule has 2 fully saturated rings. The van der Waals surface area contributed by atoms with Gasteiger partial charge in [0.1, 0.15) is 12.1 Å². The lowest BCUT2D eigenvalue weighted by Crippen LogP contribution is -2.68. The van der Waals surface area contributed by atoms with Crippen molar-refractivity contribution in [1.29, 1.82) is 0 Å². The molecule has 1 saturated heterocycles. The molecule has 2 aliphatic rings. The lowest BCUT2D eigenvalue weighted by atomic mass is 9.80. The van der Waals surface area contributed by atoms with Crippen LogP contribution in [0.2, 0.25) is 0 Å². The highest BCUT2D eigenvalue weighted by Crippen LogP contribution is 2.34. The first-order chi connectivity index (χ1) is 9.75. The first-order valence-electron chi connectivity index (χ1n) is 8.38. The Morgan fingerprint density at radius 1 is 1.24 bits per heavy atom. The van der Waals surface area contributed by atoms with Gasteiger partial charge in [-0.25, -0.2) is 0 Å². The topological polar surface area (TPSA) is 49.4 Å². The van der Waals surface area contributed by atoms with Gasteiger partial charge in [-0.15, -0.1) is 0 Å². The molecule has 0 aromatic carbocycles. The van der Waals surface area contributed by atoms with E-state index in [1.54, 1.807) is 0 Å². The molecule has 2 rings (SSSR count). The molecule has 1 heterocycles. The van der Waals surface area contributed by atoms with Crippen LogP contribution in [-0.4, -0.2) is 34.8 Å². The van der Waals surface area contributed by atoms with E-state index in [9.17, 15) is 9.59 Å². The van der Waals surface area contributed by atoms with Gasteiger partial charge in [-0.2, -0.15) is 0 Å². The molecule has 1 N–H and O–H groups in total. The maximum Gasteiger partial charge on any atom is 0.246 e. The summed E-state index contributed by atoms with van der Waals surface area (Å²) < 4.78 is 0. The molecule has 0 aromatic heterocycles. The Morgan fingerprint density at radius 2 is 1.90 bits per heavy atom. The average molecular weight is 294 g/mol. The fourth-order valence-corrected chi connectivity index (χ4v) is 3.76. The third-order valence-electron chi connectivity index (χ3n) is 5.18. The molecule has 0 aromatic rings. The van der Waals surface area contributed by atoms with Crippen molar-refractivity contribution in [2.75, 3.05) is 0 Å². The van der Waals surface area contributed by atoms with E-state index in [-0.39, 0.29) is 29.3 Å². The number of rotatable bonds is 2. The van der Waals surface area contributed by atoms with Crippen molar-refractivity contribution in [3.05, 3.63) is 0 Å². The highest BCUT2D eigenvalue weighted by molar-refractivity contribution is 5.97. The van der Waals surface area contributed by atoms with E-state index in [0.717, 1.165) is 12.8 Å². The second kappa shape index (κ2) is 5.98. The molecular formula is C17H30N2O2. The molecule has 4 nitrogen and oxygen atoms in total. The van der Waals surface area contributed by atoms with Gasteiger partial charge in [-0.3, -0.25) is 9.59 Å². The zero-order chi connectivity index (χ0) is 15.8. The molecule has 0 bridgehead atoms. The normalized spacial score (nSPS) is 34.8. The van der Waals surface area contributed by atoms with E-state index in [4.69, 9.17) is 0 Å². The van der Waals surface area contributed by atoms with Gasteiger partial charge in [-0.1, -0.05) is 47.0 Å². The van der Waals surface area contributed by atoms with Gasteiger partial charge in [-0.05, 0) is 31.1 Å². The number of amides is 2. The van der Waals surface area contributed by atoms with Crippen LogP contribution in [0.4, 0.5) is 0 Å². The van der Waals surface area contributed by atoms with Crippen LogP contribution in [0.5, 0.6) is 0 Å². The standard InChI is InChI=1S/C17H30N2O2/c1-6-12-8-7-9-13(10-12)19-11(2)15(20)18-14(16(19)21)17(3,4)5/h11-14H,6-10H2,1-5H3,(H,18,20). The van der Waals surface area contributed by atoms with Crippen molar-refractivity contribution in [3.63, 3.8) is 0 Å². The average Bonchev–Trinajstić information content (AvgIpc) is 2.42. The minimum atomic E-state index is -0.400. The predicted octanol–water partition coefficient (Wildman–Crippen LogP) is 2.72. The van der Waals surface area contributed by atoms with E-state index in [2.05, 4.69) is 12.2 Å². The fraction of sp³-hybridized carbons (Fsp3) is 0.882. The monoisotopic (exact) mass is 294 g/mol. The molecule has 2 amide bonds. The van der Waals surface area contributed by atoms with E-state index in [0.29, 0.717) is 5.92 Å². The van der Waals surface area contributed by atoms with Crippen LogP contribution in [0.25, 0.3) is 0 Å². The quantitative estimate of drug-likeness (QED) is 0.851. The largest absolute Gasteiger partial charge is 0.342 e. The Morgan fingerprint density at radius 3 is 2.48 bits per heavy atom. The second-order valence-corrected chi connectivity index (χ2v) is 7.82. The van der Waals surface area contributed by atoms with Gasteiger partial charge in [0.25, 0.3) is 0 Å². The smallest absolute Gasteiger partial charge is 0.246 e. The third kappa shape index (κ3) is 3.24. The Hall–Kier alpha value is -1.06. The van der Waals surface area contributed by atoms with Gasteiger partial charge in [0.05, 0.1) is 0 Å². The van der Waals surface area contributed by atoms with Crippen molar-refractivity contribution < 1.29 is 9.59 Å². The maximum absolute atomic E-state index is 12.9. The van der Waals surface area contributed by atoms with Crippen molar-refractivity contribution in [2.45, 2.75) is 84.8 Å². The van der Waals surface area contributed by atoms with Crippen molar-refractivity contribution in [1.82, 2.24) is 10.2 Å². The van der Waals surface area contributed by atoms with E-state index in [1.165, 1.54) is 19.3 Å². The molecule has 120 valence electrons. The van der Waals surface area contributed by atoms with Gasteiger partial charge in [0, 0.05) is 6.04 Å². The highest BCUT2D eigenvalue weighted by Gasteiger charge is 2.46. The SMILES string of the molecule is CCC1CCCC(N2C(=O)C(C(C)(C)C)NC(=O)C2C)C1. The number of piperazine rings is 1. The number of hydrogen-bond acceptors (Lipinski definition) is 2. The van der Waals surface area contributed by atoms with Crippen LogP contribution in [0.15, 0.2) is 0 Å². The molecule has 4 heteroatoms. The van der Waals surface area contributed by atoms with Crippen LogP contribution < -0.4 is 5.32 Å². The first-order valence-corrected chi connectivity index (χ1v) is 8.38. The minimum absolute atomic E-state index is 0.00635. The fourth-order valence-electron chi connectivity index (χ4n) is 3.76. The zero-order valence-electron chi connectivity index (χ0n) is 14.1. The van der Waals surface area contributed by atoms with E-state index >= 15 is 0 Å². The van der Waals surface area contributed by atoms with E-state index < -0.39 is 6.04 Å². The summed E-state index contributed by atoms with van der Waals surface area (Å²) in [4.78, 5) is 27.1. The van der Waals surface area contributed by atoms with Crippen molar-refractivity contribution in [2.24, 2.45) is 11.3 Å². The number of hydrogen-bond donors (Lipinski definition) is 1. The van der Waals surface area contributed by atoms with Gasteiger partial charge >= 0.3 is 0 Å². The highest BCUT2D eigenvalue weighted by atomic mass is 16.2. The number of carbonyl (C=O) groups excluding carboxylic acids is 2. The molecular weight excluding hydrogens is 264 g/mol. The predicted molar refractivity (Wildman–Crippen MR) is 83.7 cm³/mol. The van der Waals surface area contributed by atoms with Crippen molar-refractivity contribution in [3.8, 4) is 0 Å². The maximum atomic E-state index is 12.9. The minimum Gasteiger partial charge on any atom is -0.342 e. The summed E-state index contributed by atoms with van der Waals surface area (Å²) in [5.41, 5.74) is -0.246. The molecule has 1 aliphatic heterocycles. The summed E-state index contributed by atoms with van der Waals surface area (Å²) in [5, 5.41) is 2.92. The Kier molecular flexibility index (Phi) is 4.64. The second-order valence-electron chi connectivity index (χ2n) is 7.82. The molecule has 4 unspecified atom stereocenters. The molecule has 4 atom stereocenters. The summed E-state index contributed by atoms with van der Waals surface area (Å²) >= 11 is 0. The lowest BCUT2D eigenvalue weighted by molar-refractivity contribution is -0.155. The lowest BCUT2D eigenvalue weighted by Gasteiger charge is -2.47. The van der Waals surface area contributed by atoms with Gasteiger partial charge in [0.2, 0.25) is 11.8 Å². The van der Waals surface area contributed by atoms with Gasteiger partial charge < -0.3 is 10.2 Å². The third-order valence-corrected chi connectivity index (χ3v) is 5.18. The molecule has 21 heavy (non-hydrogen) atoms. The summed E-state index contributed by atoms with van der Waals surface area (Å²) in [6.07, 6.45) is 5.69. The van der Waals surface area contributed by atoms with E-state index in [1.807, 2.05) is 32.6 Å². The summed E-state index contributed by atoms with van der Waals surface area (Å²) in [6, 6.07) is -0.498. The molecule has 1 aliphatic carbocycles. The Labute approximate surface area is 128 Å². The summed E-state index contributed by atoms with van der Waals surface area (Å²) in [7, 11) is 0. The molecule has 0 radical (unpaired) electrons. The van der Waals surface area contributed by atoms with Crippen molar-refractivity contribution >= 4 is 11.8 Å². The van der Waals surface area contributed by atoms with Crippen LogP contribution >= 0.6 is 0 Å². The Balaban J connectivity index is 2.22. The van der Waals surface area contributed by atoms with Crippen LogP contribution in [0, 0.1) is 11.3 Å². The summed E-state index contributed by atoms with van der Waals surface area (Å²) in [6.45, 7) is 10.1. The summed E-state index contributed by atoms with van der Waals surface area (Å²) in [5.74, 6) is 0.798. The zero-order valence-corrected chi connectivity index (χ0v) is 14.1.